The van der Waals surface area contributed by atoms with Crippen LogP contribution in [0.1, 0.15) is 35.6 Å². The minimum Gasteiger partial charge on any atom is -0.481 e. The number of nitrogens with one attached hydrogen (secondary N) is 1. The van der Waals surface area contributed by atoms with E-state index in [2.05, 4.69) is 5.32 Å². The molecule has 3 rings (SSSR count). The molecule has 5 heteroatoms. The lowest BCUT2D eigenvalue weighted by molar-refractivity contribution is -0.151. The van der Waals surface area contributed by atoms with Gasteiger partial charge in [0.2, 0.25) is 5.91 Å². The van der Waals surface area contributed by atoms with Crippen molar-refractivity contribution in [3.05, 3.63) is 70.8 Å². The summed E-state index contributed by atoms with van der Waals surface area (Å²) in [5.41, 5.74) is 3.00. The summed E-state index contributed by atoms with van der Waals surface area (Å²) in [4.78, 5) is 24.5. The first kappa shape index (κ1) is 19.1. The van der Waals surface area contributed by atoms with Gasteiger partial charge in [-0.25, -0.2) is 0 Å². The number of ether oxygens (including phenoxy) is 1. The van der Waals surface area contributed by atoms with Gasteiger partial charge in [-0.2, -0.15) is 0 Å². The number of aliphatic carboxylic acids is 1. The Labute approximate surface area is 159 Å². The Morgan fingerprint density at radius 1 is 1.04 bits per heavy atom. The molecule has 0 saturated heterocycles. The molecule has 142 valence electrons. The number of benzene rings is 2. The molecule has 1 aliphatic rings. The number of rotatable bonds is 8. The van der Waals surface area contributed by atoms with Gasteiger partial charge in [0.15, 0.2) is 0 Å². The van der Waals surface area contributed by atoms with Gasteiger partial charge < -0.3 is 15.2 Å². The molecular formula is C22H25NO4. The maximum absolute atomic E-state index is 12.6. The highest BCUT2D eigenvalue weighted by Crippen LogP contribution is 2.40. The highest BCUT2D eigenvalue weighted by Gasteiger charge is 2.45. The van der Waals surface area contributed by atoms with Gasteiger partial charge in [0, 0.05) is 19.6 Å². The summed E-state index contributed by atoms with van der Waals surface area (Å²) in [5.74, 6) is -1.15. The minimum atomic E-state index is -1.06. The zero-order valence-corrected chi connectivity index (χ0v) is 15.5. The van der Waals surface area contributed by atoms with Crippen LogP contribution in [0.15, 0.2) is 48.5 Å². The monoisotopic (exact) mass is 367 g/mol. The van der Waals surface area contributed by atoms with Gasteiger partial charge in [-0.3, -0.25) is 9.59 Å². The van der Waals surface area contributed by atoms with Crippen LogP contribution in [0.25, 0.3) is 0 Å². The van der Waals surface area contributed by atoms with Gasteiger partial charge in [0.05, 0.1) is 12.0 Å². The third-order valence-corrected chi connectivity index (χ3v) is 5.18. The fourth-order valence-electron chi connectivity index (χ4n) is 3.69. The Morgan fingerprint density at radius 3 is 2.22 bits per heavy atom. The number of carboxylic acid groups (broad SMARTS) is 1. The molecule has 2 aromatic rings. The summed E-state index contributed by atoms with van der Waals surface area (Å²) in [6.45, 7) is 3.43. The molecular weight excluding hydrogens is 342 g/mol. The molecule has 0 saturated carbocycles. The molecule has 2 aromatic carbocycles. The van der Waals surface area contributed by atoms with Crippen LogP contribution in [0.3, 0.4) is 0 Å². The van der Waals surface area contributed by atoms with Crippen LogP contribution in [0, 0.1) is 5.41 Å². The molecule has 27 heavy (non-hydrogen) atoms. The second kappa shape index (κ2) is 8.35. The van der Waals surface area contributed by atoms with Gasteiger partial charge in [-0.1, -0.05) is 48.5 Å². The molecule has 0 bridgehead atoms. The lowest BCUT2D eigenvalue weighted by atomic mass is 9.81. The van der Waals surface area contributed by atoms with Crippen LogP contribution in [0.4, 0.5) is 0 Å². The molecule has 0 atom stereocenters. The molecule has 0 spiro atoms. The SMILES string of the molecule is CCOCc1ccccc1CNC(=O)CC1(C(=O)O)Cc2ccccc2C1. The molecule has 0 fully saturated rings. The first-order valence-electron chi connectivity index (χ1n) is 9.25. The smallest absolute Gasteiger partial charge is 0.310 e. The maximum atomic E-state index is 12.6. The largest absolute Gasteiger partial charge is 0.481 e. The molecule has 5 nitrogen and oxygen atoms in total. The Hall–Kier alpha value is -2.66. The predicted molar refractivity (Wildman–Crippen MR) is 102 cm³/mol. The van der Waals surface area contributed by atoms with Crippen molar-refractivity contribution < 1.29 is 19.4 Å². The summed E-state index contributed by atoms with van der Waals surface area (Å²) in [5, 5.41) is 12.7. The predicted octanol–water partition coefficient (Wildman–Crippen LogP) is 3.10. The van der Waals surface area contributed by atoms with Gasteiger partial charge in [-0.05, 0) is 42.0 Å². The van der Waals surface area contributed by atoms with Crippen molar-refractivity contribution in [2.45, 2.75) is 39.3 Å². The summed E-state index contributed by atoms with van der Waals surface area (Å²) in [7, 11) is 0. The zero-order chi connectivity index (χ0) is 19.3. The van der Waals surface area contributed by atoms with E-state index in [-0.39, 0.29) is 12.3 Å². The highest BCUT2D eigenvalue weighted by atomic mass is 16.5. The number of carbonyl (C=O) groups excluding carboxylic acids is 1. The van der Waals surface area contributed by atoms with Gasteiger partial charge >= 0.3 is 5.97 Å². The average Bonchev–Trinajstić information content (AvgIpc) is 3.04. The summed E-state index contributed by atoms with van der Waals surface area (Å²) in [6, 6.07) is 15.5. The number of hydrogen-bond acceptors (Lipinski definition) is 3. The fraction of sp³-hybridized carbons (Fsp3) is 0.364. The van der Waals surface area contributed by atoms with Crippen LogP contribution in [0.5, 0.6) is 0 Å². The van der Waals surface area contributed by atoms with Crippen molar-refractivity contribution in [1.29, 1.82) is 0 Å². The highest BCUT2D eigenvalue weighted by molar-refractivity contribution is 5.86. The number of fused-ring (bicyclic) bond motifs is 1. The molecule has 0 aromatic heterocycles. The molecule has 1 amide bonds. The van der Waals surface area contributed by atoms with E-state index in [4.69, 9.17) is 4.74 Å². The second-order valence-electron chi connectivity index (χ2n) is 7.07. The van der Waals surface area contributed by atoms with Crippen LogP contribution in [0.2, 0.25) is 0 Å². The average molecular weight is 367 g/mol. The van der Waals surface area contributed by atoms with Crippen LogP contribution >= 0.6 is 0 Å². The van der Waals surface area contributed by atoms with Crippen molar-refractivity contribution in [3.8, 4) is 0 Å². The van der Waals surface area contributed by atoms with E-state index in [9.17, 15) is 14.7 Å². The van der Waals surface area contributed by atoms with E-state index in [0.717, 1.165) is 22.3 Å². The minimum absolute atomic E-state index is 0.0232. The van der Waals surface area contributed by atoms with Crippen molar-refractivity contribution >= 4 is 11.9 Å². The van der Waals surface area contributed by atoms with Crippen LogP contribution < -0.4 is 5.32 Å². The Bertz CT molecular complexity index is 806. The van der Waals surface area contributed by atoms with Gasteiger partial charge in [0.25, 0.3) is 0 Å². The number of hydrogen-bond donors (Lipinski definition) is 2. The van der Waals surface area contributed by atoms with Crippen molar-refractivity contribution in [2.24, 2.45) is 5.41 Å². The summed E-state index contributed by atoms with van der Waals surface area (Å²) in [6.07, 6.45) is 0.768. The lowest BCUT2D eigenvalue weighted by Crippen LogP contribution is -2.38. The van der Waals surface area contributed by atoms with E-state index in [1.807, 2.05) is 55.5 Å². The normalized spacial score (nSPS) is 14.6. The van der Waals surface area contributed by atoms with Crippen molar-refractivity contribution in [2.75, 3.05) is 6.61 Å². The standard InChI is InChI=1S/C22H25NO4/c1-2-27-15-19-10-6-5-9-18(19)14-23-20(24)13-22(21(25)26)11-16-7-3-4-8-17(16)12-22/h3-10H,2,11-15H2,1H3,(H,23,24)(H,25,26). The zero-order valence-electron chi connectivity index (χ0n) is 15.5. The third kappa shape index (κ3) is 4.37. The van der Waals surface area contributed by atoms with Gasteiger partial charge in [-0.15, -0.1) is 0 Å². The fourth-order valence-corrected chi connectivity index (χ4v) is 3.69. The molecule has 0 radical (unpaired) electrons. The van der Waals surface area contributed by atoms with Gasteiger partial charge in [0.1, 0.15) is 0 Å². The summed E-state index contributed by atoms with van der Waals surface area (Å²) >= 11 is 0. The number of carbonyl (C=O) groups is 2. The molecule has 0 unspecified atom stereocenters. The van der Waals surface area contributed by atoms with Crippen molar-refractivity contribution in [1.82, 2.24) is 5.32 Å². The van der Waals surface area contributed by atoms with E-state index in [0.29, 0.717) is 32.6 Å². The van der Waals surface area contributed by atoms with E-state index in [1.165, 1.54) is 0 Å². The number of amides is 1. The molecule has 0 aliphatic heterocycles. The maximum Gasteiger partial charge on any atom is 0.310 e. The first-order valence-corrected chi connectivity index (χ1v) is 9.25. The third-order valence-electron chi connectivity index (χ3n) is 5.18. The molecule has 0 heterocycles. The van der Waals surface area contributed by atoms with Crippen molar-refractivity contribution in [3.63, 3.8) is 0 Å². The second-order valence-corrected chi connectivity index (χ2v) is 7.07. The first-order chi connectivity index (χ1) is 13.0. The van der Waals surface area contributed by atoms with Crippen LogP contribution in [-0.4, -0.2) is 23.6 Å². The Kier molecular flexibility index (Phi) is 5.91. The topological polar surface area (TPSA) is 75.6 Å². The molecule has 2 N–H and O–H groups in total. The van der Waals surface area contributed by atoms with E-state index >= 15 is 0 Å². The Morgan fingerprint density at radius 2 is 1.63 bits per heavy atom. The Balaban J connectivity index is 1.65. The number of carboxylic acids is 1. The summed E-state index contributed by atoms with van der Waals surface area (Å²) < 4.78 is 5.47. The van der Waals surface area contributed by atoms with E-state index in [1.54, 1.807) is 0 Å². The van der Waals surface area contributed by atoms with Crippen LogP contribution in [-0.2, 0) is 40.3 Å². The lowest BCUT2D eigenvalue weighted by Gasteiger charge is -2.23. The quantitative estimate of drug-likeness (QED) is 0.752. The molecule has 1 aliphatic carbocycles. The van der Waals surface area contributed by atoms with E-state index < -0.39 is 11.4 Å².